The van der Waals surface area contributed by atoms with Gasteiger partial charge in [-0.25, -0.2) is 8.42 Å². The average molecular weight is 658 g/mol. The number of hydrogen-bond donors (Lipinski definition) is 1. The molecule has 2 amide bonds. The Hall–Kier alpha value is -4.83. The van der Waals surface area contributed by atoms with Crippen LogP contribution in [0, 0.1) is 12.8 Å². The first-order valence-corrected chi connectivity index (χ1v) is 16.9. The number of carbonyl (C=O) groups is 2. The summed E-state index contributed by atoms with van der Waals surface area (Å²) in [5, 5.41) is 3.00. The quantitative estimate of drug-likeness (QED) is 0.178. The molecule has 1 atom stereocenters. The van der Waals surface area contributed by atoms with Crippen molar-refractivity contribution in [2.45, 2.75) is 44.7 Å². The maximum atomic E-state index is 14.6. The molecule has 9 nitrogen and oxygen atoms in total. The molecule has 0 saturated heterocycles. The number of benzene rings is 4. The predicted octanol–water partition coefficient (Wildman–Crippen LogP) is 5.62. The molecular weight excluding hydrogens is 614 g/mol. The maximum absolute atomic E-state index is 14.6. The van der Waals surface area contributed by atoms with Crippen LogP contribution in [-0.4, -0.2) is 58.5 Å². The second-order valence-corrected chi connectivity index (χ2v) is 13.6. The van der Waals surface area contributed by atoms with Crippen LogP contribution >= 0.6 is 0 Å². The van der Waals surface area contributed by atoms with Crippen molar-refractivity contribution in [3.8, 4) is 11.5 Å². The van der Waals surface area contributed by atoms with E-state index in [1.807, 2.05) is 63.2 Å². The first-order chi connectivity index (χ1) is 22.5. The Labute approximate surface area is 278 Å². The van der Waals surface area contributed by atoms with Crippen LogP contribution in [0.1, 0.15) is 30.5 Å². The zero-order valence-electron chi connectivity index (χ0n) is 27.6. The van der Waals surface area contributed by atoms with Crippen LogP contribution in [0.2, 0.25) is 0 Å². The van der Waals surface area contributed by atoms with E-state index in [0.717, 1.165) is 21.0 Å². The van der Waals surface area contributed by atoms with Crippen LogP contribution in [-0.2, 0) is 32.6 Å². The van der Waals surface area contributed by atoms with E-state index in [-0.39, 0.29) is 35.4 Å². The first-order valence-electron chi connectivity index (χ1n) is 15.5. The van der Waals surface area contributed by atoms with Gasteiger partial charge in [-0.3, -0.25) is 13.9 Å². The monoisotopic (exact) mass is 657 g/mol. The van der Waals surface area contributed by atoms with Gasteiger partial charge in [-0.1, -0.05) is 80.1 Å². The number of methoxy groups -OCH3 is 2. The highest BCUT2D eigenvalue weighted by Gasteiger charge is 2.35. The minimum Gasteiger partial charge on any atom is -0.497 e. The second-order valence-electron chi connectivity index (χ2n) is 11.7. The second kappa shape index (κ2) is 16.1. The number of ether oxygens (including phenoxy) is 2. The van der Waals surface area contributed by atoms with Crippen LogP contribution in [0.3, 0.4) is 0 Å². The van der Waals surface area contributed by atoms with Gasteiger partial charge in [0.05, 0.1) is 24.8 Å². The van der Waals surface area contributed by atoms with Crippen LogP contribution in [0.5, 0.6) is 11.5 Å². The minimum atomic E-state index is -4.22. The van der Waals surface area contributed by atoms with Crippen molar-refractivity contribution in [2.75, 3.05) is 31.6 Å². The topological polar surface area (TPSA) is 105 Å². The third-order valence-corrected chi connectivity index (χ3v) is 9.46. The lowest BCUT2D eigenvalue weighted by molar-refractivity contribution is -0.140. The van der Waals surface area contributed by atoms with Crippen LogP contribution < -0.4 is 19.1 Å². The Morgan fingerprint density at radius 2 is 1.40 bits per heavy atom. The highest BCUT2D eigenvalue weighted by molar-refractivity contribution is 7.92. The van der Waals surface area contributed by atoms with Crippen molar-refractivity contribution in [3.63, 3.8) is 0 Å². The lowest BCUT2D eigenvalue weighted by atomic mass is 10.0. The Bertz CT molecular complexity index is 1740. The largest absolute Gasteiger partial charge is 0.497 e. The number of nitrogens with zero attached hydrogens (tertiary/aromatic N) is 2. The zero-order chi connectivity index (χ0) is 34.0. The summed E-state index contributed by atoms with van der Waals surface area (Å²) in [6, 6.07) is 28.8. The van der Waals surface area contributed by atoms with Crippen LogP contribution in [0.25, 0.3) is 0 Å². The lowest BCUT2D eigenvalue weighted by Crippen LogP contribution is -2.53. The van der Waals surface area contributed by atoms with Gasteiger partial charge in [-0.2, -0.15) is 0 Å². The summed E-state index contributed by atoms with van der Waals surface area (Å²) in [5.74, 6) is 0.336. The van der Waals surface area contributed by atoms with E-state index in [1.54, 1.807) is 55.6 Å². The van der Waals surface area contributed by atoms with Crippen LogP contribution in [0.15, 0.2) is 108 Å². The molecule has 0 aromatic heterocycles. The fraction of sp³-hybridized carbons (Fsp3) is 0.297. The Morgan fingerprint density at radius 1 is 0.787 bits per heavy atom. The number of amides is 2. The SMILES string of the molecule is COc1cccc(CN(C(=O)CN(c2cccc(OC)c2)S(=O)(=O)c2ccc(C)cc2)[C@H](Cc2ccccc2)C(=O)NCC(C)C)c1. The van der Waals surface area contributed by atoms with Gasteiger partial charge in [0.1, 0.15) is 24.1 Å². The van der Waals surface area contributed by atoms with E-state index in [0.29, 0.717) is 18.0 Å². The lowest BCUT2D eigenvalue weighted by Gasteiger charge is -2.34. The number of nitrogens with one attached hydrogen (secondary N) is 1. The standard InChI is InChI=1S/C37H43N3O6S/c1-27(2)24-38-37(42)35(22-29-11-7-6-8-12-29)39(25-30-13-9-15-32(21-30)45-4)36(41)26-40(31-14-10-16-33(23-31)46-5)47(43,44)34-19-17-28(3)18-20-34/h6-21,23,27,35H,22,24-26H2,1-5H3,(H,38,42)/t35-/m1/s1. The highest BCUT2D eigenvalue weighted by atomic mass is 32.2. The number of aryl methyl sites for hydroxylation is 1. The summed E-state index contributed by atoms with van der Waals surface area (Å²) >= 11 is 0. The van der Waals surface area contributed by atoms with E-state index in [9.17, 15) is 18.0 Å². The average Bonchev–Trinajstić information content (AvgIpc) is 3.08. The van der Waals surface area contributed by atoms with Crippen molar-refractivity contribution < 1.29 is 27.5 Å². The molecule has 0 radical (unpaired) electrons. The highest BCUT2D eigenvalue weighted by Crippen LogP contribution is 2.28. The van der Waals surface area contributed by atoms with E-state index in [4.69, 9.17) is 9.47 Å². The minimum absolute atomic E-state index is 0.0357. The molecule has 47 heavy (non-hydrogen) atoms. The van der Waals surface area contributed by atoms with E-state index in [2.05, 4.69) is 5.32 Å². The normalized spacial score (nSPS) is 11.9. The van der Waals surface area contributed by atoms with Gasteiger partial charge in [0.25, 0.3) is 10.0 Å². The fourth-order valence-electron chi connectivity index (χ4n) is 5.08. The summed E-state index contributed by atoms with van der Waals surface area (Å²) in [5.41, 5.74) is 2.73. The molecule has 0 unspecified atom stereocenters. The van der Waals surface area contributed by atoms with Gasteiger partial charge in [-0.15, -0.1) is 0 Å². The van der Waals surface area contributed by atoms with Gasteiger partial charge in [0, 0.05) is 25.6 Å². The number of hydrogen-bond acceptors (Lipinski definition) is 6. The molecule has 1 N–H and O–H groups in total. The number of carbonyl (C=O) groups excluding carboxylic acids is 2. The molecule has 0 aliphatic carbocycles. The van der Waals surface area contributed by atoms with Gasteiger partial charge in [0.15, 0.2) is 0 Å². The van der Waals surface area contributed by atoms with E-state index < -0.39 is 28.5 Å². The van der Waals surface area contributed by atoms with Gasteiger partial charge < -0.3 is 19.7 Å². The maximum Gasteiger partial charge on any atom is 0.264 e. The summed E-state index contributed by atoms with van der Waals surface area (Å²) in [6.45, 7) is 5.76. The molecule has 4 rings (SSSR count). The smallest absolute Gasteiger partial charge is 0.264 e. The molecular formula is C37H43N3O6S. The molecule has 10 heteroatoms. The van der Waals surface area contributed by atoms with Crippen molar-refractivity contribution in [2.24, 2.45) is 5.92 Å². The molecule has 4 aromatic rings. The molecule has 0 saturated carbocycles. The van der Waals surface area contributed by atoms with Crippen LogP contribution in [0.4, 0.5) is 5.69 Å². The number of anilines is 1. The summed E-state index contributed by atoms with van der Waals surface area (Å²) < 4.78 is 40.4. The molecule has 0 spiro atoms. The van der Waals surface area contributed by atoms with Crippen molar-refractivity contribution in [3.05, 3.63) is 120 Å². The van der Waals surface area contributed by atoms with Crippen molar-refractivity contribution in [1.29, 1.82) is 0 Å². The van der Waals surface area contributed by atoms with Gasteiger partial charge in [-0.05, 0) is 60.4 Å². The summed E-state index contributed by atoms with van der Waals surface area (Å²) in [7, 11) is -1.18. The summed E-state index contributed by atoms with van der Waals surface area (Å²) in [6.07, 6.45) is 0.227. The third-order valence-electron chi connectivity index (χ3n) is 7.67. The first kappa shape index (κ1) is 35.0. The van der Waals surface area contributed by atoms with E-state index >= 15 is 0 Å². The molecule has 0 bridgehead atoms. The molecule has 0 aliphatic rings. The number of sulfonamides is 1. The summed E-state index contributed by atoms with van der Waals surface area (Å²) in [4.78, 5) is 30.0. The van der Waals surface area contributed by atoms with Crippen molar-refractivity contribution >= 4 is 27.5 Å². The molecule has 0 aliphatic heterocycles. The van der Waals surface area contributed by atoms with Gasteiger partial charge >= 0.3 is 0 Å². The zero-order valence-corrected chi connectivity index (χ0v) is 28.4. The Kier molecular flexibility index (Phi) is 12.0. The predicted molar refractivity (Wildman–Crippen MR) is 184 cm³/mol. The molecule has 248 valence electrons. The molecule has 0 heterocycles. The molecule has 0 fully saturated rings. The fourth-order valence-corrected chi connectivity index (χ4v) is 6.48. The number of rotatable bonds is 15. The van der Waals surface area contributed by atoms with Crippen molar-refractivity contribution in [1.82, 2.24) is 10.2 Å². The van der Waals surface area contributed by atoms with Gasteiger partial charge in [0.2, 0.25) is 11.8 Å². The third kappa shape index (κ3) is 9.36. The Morgan fingerprint density at radius 3 is 2.04 bits per heavy atom. The Balaban J connectivity index is 1.82. The van der Waals surface area contributed by atoms with E-state index in [1.165, 1.54) is 24.1 Å². The molecule has 4 aromatic carbocycles.